The molecule has 34 heavy (non-hydrogen) atoms. The minimum Gasteiger partial charge on any atom is -0.462 e. The van der Waals surface area contributed by atoms with Gasteiger partial charge in [0.2, 0.25) is 0 Å². The van der Waals surface area contributed by atoms with Gasteiger partial charge in [0.15, 0.2) is 0 Å². The van der Waals surface area contributed by atoms with Gasteiger partial charge in [0.05, 0.1) is 35.2 Å². The van der Waals surface area contributed by atoms with Crippen molar-refractivity contribution in [2.24, 2.45) is 9.98 Å². The average Bonchev–Trinajstić information content (AvgIpc) is 2.87. The first kappa shape index (κ1) is 26.1. The summed E-state index contributed by atoms with van der Waals surface area (Å²) < 4.78 is 5.87. The number of aryl methyl sites for hydroxylation is 2. The molecule has 0 unspecified atom stereocenters. The van der Waals surface area contributed by atoms with Crippen molar-refractivity contribution < 1.29 is 4.74 Å². The molecule has 174 valence electrons. The van der Waals surface area contributed by atoms with E-state index >= 15 is 0 Å². The summed E-state index contributed by atoms with van der Waals surface area (Å²) in [6.45, 7) is 13.7. The van der Waals surface area contributed by atoms with Gasteiger partial charge in [-0.3, -0.25) is 20.0 Å². The van der Waals surface area contributed by atoms with Crippen LogP contribution in [0.4, 0.5) is 5.69 Å². The van der Waals surface area contributed by atoms with Crippen molar-refractivity contribution in [3.8, 4) is 5.75 Å². The number of ether oxygens (including phenoxy) is 1. The third-order valence-corrected chi connectivity index (χ3v) is 4.37. The molecule has 0 bridgehead atoms. The van der Waals surface area contributed by atoms with E-state index in [0.717, 1.165) is 39.7 Å². The largest absolute Gasteiger partial charge is 0.462 e. The van der Waals surface area contributed by atoms with Crippen molar-refractivity contribution in [2.75, 3.05) is 0 Å². The van der Waals surface area contributed by atoms with Crippen LogP contribution < -0.4 is 4.74 Å². The molecule has 0 N–H and O–H groups in total. The number of nitrogens with zero attached hydrogens (tertiary/aromatic N) is 4. The number of rotatable bonds is 8. The molecule has 0 spiro atoms. The molecular weight excluding hydrogens is 420 g/mol. The van der Waals surface area contributed by atoms with Crippen LogP contribution >= 0.6 is 0 Å². The van der Waals surface area contributed by atoms with Crippen LogP contribution in [0.3, 0.4) is 0 Å². The van der Waals surface area contributed by atoms with Crippen molar-refractivity contribution in [3.63, 3.8) is 0 Å². The molecule has 5 heteroatoms. The summed E-state index contributed by atoms with van der Waals surface area (Å²) >= 11 is 0. The third-order valence-electron chi connectivity index (χ3n) is 4.37. The van der Waals surface area contributed by atoms with Gasteiger partial charge in [-0.05, 0) is 86.5 Å². The third kappa shape index (κ3) is 9.17. The zero-order valence-electron chi connectivity index (χ0n) is 20.6. The first-order valence-electron chi connectivity index (χ1n) is 11.2. The van der Waals surface area contributed by atoms with Gasteiger partial charge in [0, 0.05) is 12.4 Å². The van der Waals surface area contributed by atoms with Crippen LogP contribution in [0.5, 0.6) is 5.75 Å². The van der Waals surface area contributed by atoms with Crippen molar-refractivity contribution in [1.82, 2.24) is 9.97 Å². The molecule has 0 aliphatic carbocycles. The fourth-order valence-electron chi connectivity index (χ4n) is 2.58. The zero-order chi connectivity index (χ0) is 24.8. The Morgan fingerprint density at radius 1 is 0.824 bits per heavy atom. The molecule has 0 aliphatic heterocycles. The molecule has 1 aromatic carbocycles. The summed E-state index contributed by atoms with van der Waals surface area (Å²) in [5, 5.41) is 0. The smallest absolute Gasteiger partial charge is 0.127 e. The predicted molar refractivity (Wildman–Crippen MR) is 143 cm³/mol. The quantitative estimate of drug-likeness (QED) is 0.204. The van der Waals surface area contributed by atoms with Crippen molar-refractivity contribution in [1.29, 1.82) is 0 Å². The topological polar surface area (TPSA) is 59.7 Å². The Labute approximate surface area is 203 Å². The van der Waals surface area contributed by atoms with E-state index in [0.29, 0.717) is 5.70 Å². The first-order valence-corrected chi connectivity index (χ1v) is 11.2. The van der Waals surface area contributed by atoms with Gasteiger partial charge in [-0.15, -0.1) is 0 Å². The maximum Gasteiger partial charge on any atom is 0.127 e. The minimum absolute atomic E-state index is 0.713. The summed E-state index contributed by atoms with van der Waals surface area (Å²) in [5.41, 5.74) is 5.39. The highest BCUT2D eigenvalue weighted by Gasteiger charge is 1.97. The van der Waals surface area contributed by atoms with Gasteiger partial charge in [0.25, 0.3) is 0 Å². The standard InChI is InChI=1S/C27H26N4O.C2H6/c1-5-23(30-18-25-9-6-20(2)16-28-25)11-8-22(4)32-27-14-12-24(13-15-27)31-19-26-10-7-21(3)17-29-26;1-2/h5-19H,1H2,2-4H3;1-2H3/b22-8+,23-11+,30-18?,31-19?;. The molecule has 0 amide bonds. The van der Waals surface area contributed by atoms with Crippen LogP contribution in [-0.2, 0) is 0 Å². The van der Waals surface area contributed by atoms with E-state index in [1.807, 2.05) is 108 Å². The molecule has 2 heterocycles. The van der Waals surface area contributed by atoms with E-state index in [4.69, 9.17) is 4.74 Å². The summed E-state index contributed by atoms with van der Waals surface area (Å²) in [6, 6.07) is 15.4. The molecule has 3 aromatic rings. The maximum atomic E-state index is 5.87. The Balaban J connectivity index is 0.00000199. The SMILES string of the molecule is C=C/C(=C\C=C(/C)Oc1ccc(N=Cc2ccc(C)cn2)cc1)N=Cc1ccc(C)cn1.CC. The number of pyridine rings is 2. The molecule has 0 fully saturated rings. The van der Waals surface area contributed by atoms with Crippen LogP contribution in [0, 0.1) is 13.8 Å². The van der Waals surface area contributed by atoms with Crippen molar-refractivity contribution in [3.05, 3.63) is 120 Å². The van der Waals surface area contributed by atoms with E-state index < -0.39 is 0 Å². The molecule has 3 rings (SSSR count). The van der Waals surface area contributed by atoms with E-state index in [1.165, 1.54) is 0 Å². The molecule has 0 saturated heterocycles. The molecule has 0 saturated carbocycles. The second kappa shape index (κ2) is 14.1. The van der Waals surface area contributed by atoms with E-state index in [1.54, 1.807) is 18.5 Å². The lowest BCUT2D eigenvalue weighted by Gasteiger charge is -2.05. The highest BCUT2D eigenvalue weighted by molar-refractivity contribution is 5.79. The molecule has 5 nitrogen and oxygen atoms in total. The predicted octanol–water partition coefficient (Wildman–Crippen LogP) is 7.34. The summed E-state index contributed by atoms with van der Waals surface area (Å²) in [4.78, 5) is 17.5. The fraction of sp³-hybridized carbons (Fsp3) is 0.172. The van der Waals surface area contributed by atoms with Crippen molar-refractivity contribution in [2.45, 2.75) is 34.6 Å². The number of hydrogen-bond donors (Lipinski definition) is 0. The Morgan fingerprint density at radius 2 is 1.41 bits per heavy atom. The van der Waals surface area contributed by atoms with Crippen LogP contribution in [0.25, 0.3) is 0 Å². The van der Waals surface area contributed by atoms with Gasteiger partial charge in [-0.1, -0.05) is 32.6 Å². The molecule has 0 radical (unpaired) electrons. The Morgan fingerprint density at radius 3 is 1.94 bits per heavy atom. The van der Waals surface area contributed by atoms with Crippen LogP contribution in [-0.4, -0.2) is 22.4 Å². The molecule has 0 atom stereocenters. The Bertz CT molecular complexity index is 1150. The van der Waals surface area contributed by atoms with Gasteiger partial charge >= 0.3 is 0 Å². The lowest BCUT2D eigenvalue weighted by atomic mass is 10.3. The molecule has 2 aromatic heterocycles. The highest BCUT2D eigenvalue weighted by atomic mass is 16.5. The number of aromatic nitrogens is 2. The summed E-state index contributed by atoms with van der Waals surface area (Å²) in [7, 11) is 0. The van der Waals surface area contributed by atoms with Crippen LogP contribution in [0.15, 0.2) is 107 Å². The number of aliphatic imine (C=N–C) groups is 2. The van der Waals surface area contributed by atoms with Gasteiger partial charge in [-0.2, -0.15) is 0 Å². The lowest BCUT2D eigenvalue weighted by molar-refractivity contribution is 0.428. The second-order valence-electron chi connectivity index (χ2n) is 7.21. The normalized spacial score (nSPS) is 11.9. The van der Waals surface area contributed by atoms with E-state index in [9.17, 15) is 0 Å². The lowest BCUT2D eigenvalue weighted by Crippen LogP contribution is -1.90. The monoisotopic (exact) mass is 452 g/mol. The first-order chi connectivity index (χ1) is 16.5. The van der Waals surface area contributed by atoms with Gasteiger partial charge in [-0.25, -0.2) is 0 Å². The van der Waals surface area contributed by atoms with E-state index in [-0.39, 0.29) is 0 Å². The molecular formula is C29H32N4O. The van der Waals surface area contributed by atoms with Gasteiger partial charge in [0.1, 0.15) is 11.5 Å². The highest BCUT2D eigenvalue weighted by Crippen LogP contribution is 2.20. The van der Waals surface area contributed by atoms with Gasteiger partial charge < -0.3 is 4.74 Å². The maximum absolute atomic E-state index is 5.87. The fourth-order valence-corrected chi connectivity index (χ4v) is 2.58. The van der Waals surface area contributed by atoms with E-state index in [2.05, 4.69) is 26.5 Å². The molecule has 0 aliphatic rings. The summed E-state index contributed by atoms with van der Waals surface area (Å²) in [5.74, 6) is 1.46. The summed E-state index contributed by atoms with van der Waals surface area (Å²) in [6.07, 6.45) is 12.5. The van der Waals surface area contributed by atoms with Crippen molar-refractivity contribution >= 4 is 18.1 Å². The minimum atomic E-state index is 0.713. The van der Waals surface area contributed by atoms with Crippen LogP contribution in [0.2, 0.25) is 0 Å². The zero-order valence-corrected chi connectivity index (χ0v) is 20.6. The number of hydrogen-bond acceptors (Lipinski definition) is 5. The Kier molecular flexibility index (Phi) is 10.8. The van der Waals surface area contributed by atoms with Crippen LogP contribution in [0.1, 0.15) is 43.3 Å². The number of allylic oxidation sites excluding steroid dienone is 4. The average molecular weight is 453 g/mol. The number of benzene rings is 1. The Hall–Kier alpha value is -4.12. The second-order valence-corrected chi connectivity index (χ2v) is 7.21.